The average molecular weight is 282 g/mol. The number of ether oxygens (including phenoxy) is 1. The van der Waals surface area contributed by atoms with Gasteiger partial charge in [-0.1, -0.05) is 18.2 Å². The van der Waals surface area contributed by atoms with Gasteiger partial charge in [0.05, 0.1) is 6.61 Å². The molecule has 3 N–H and O–H groups in total. The van der Waals surface area contributed by atoms with E-state index in [9.17, 15) is 4.79 Å². The highest BCUT2D eigenvalue weighted by molar-refractivity contribution is 5.98. The Labute approximate surface area is 120 Å². The van der Waals surface area contributed by atoms with Gasteiger partial charge < -0.3 is 10.5 Å². The van der Waals surface area contributed by atoms with E-state index in [2.05, 4.69) is 15.4 Å². The Kier molecular flexibility index (Phi) is 3.27. The van der Waals surface area contributed by atoms with Gasteiger partial charge in [0.1, 0.15) is 11.4 Å². The van der Waals surface area contributed by atoms with Gasteiger partial charge in [-0.15, -0.1) is 0 Å². The molecule has 3 aromatic rings. The van der Waals surface area contributed by atoms with Crippen LogP contribution in [0.5, 0.6) is 5.75 Å². The van der Waals surface area contributed by atoms with Gasteiger partial charge in [0.2, 0.25) is 0 Å². The van der Waals surface area contributed by atoms with E-state index in [4.69, 9.17) is 10.5 Å². The third-order valence-corrected chi connectivity index (χ3v) is 3.18. The van der Waals surface area contributed by atoms with E-state index >= 15 is 0 Å². The number of nitrogens with one attached hydrogen (secondary N) is 1. The number of carbonyl (C=O) groups excluding carboxylic acids is 1. The first-order valence-corrected chi connectivity index (χ1v) is 6.56. The van der Waals surface area contributed by atoms with Crippen LogP contribution in [0.25, 0.3) is 22.0 Å². The van der Waals surface area contributed by atoms with Crippen molar-refractivity contribution in [1.82, 2.24) is 15.4 Å². The summed E-state index contributed by atoms with van der Waals surface area (Å²) in [6, 6.07) is 11.6. The lowest BCUT2D eigenvalue weighted by Gasteiger charge is -2.06. The molecule has 2 aromatic carbocycles. The van der Waals surface area contributed by atoms with Gasteiger partial charge in [-0.05, 0) is 35.9 Å². The van der Waals surface area contributed by atoms with Crippen LogP contribution in [0.15, 0.2) is 36.4 Å². The number of hydrogen-bond acceptors (Lipinski definition) is 4. The molecule has 0 fully saturated rings. The molecule has 1 heterocycles. The normalized spacial score (nSPS) is 10.7. The van der Waals surface area contributed by atoms with Gasteiger partial charge >= 0.3 is 0 Å². The van der Waals surface area contributed by atoms with E-state index in [1.165, 1.54) is 0 Å². The Morgan fingerprint density at radius 3 is 2.71 bits per heavy atom. The van der Waals surface area contributed by atoms with Crippen LogP contribution in [-0.4, -0.2) is 27.9 Å². The molecule has 0 aliphatic rings. The highest BCUT2D eigenvalue weighted by Gasteiger charge is 2.15. The van der Waals surface area contributed by atoms with E-state index < -0.39 is 5.91 Å². The second-order valence-corrected chi connectivity index (χ2v) is 4.54. The minimum atomic E-state index is -0.606. The number of fused-ring (bicyclic) bond motifs is 1. The smallest absolute Gasteiger partial charge is 0.271 e. The molecule has 3 rings (SSSR count). The maximum absolute atomic E-state index is 11.3. The number of nitrogens with two attached hydrogens (primary N) is 1. The van der Waals surface area contributed by atoms with Crippen molar-refractivity contribution >= 4 is 16.7 Å². The number of carbonyl (C=O) groups is 1. The van der Waals surface area contributed by atoms with Crippen molar-refractivity contribution in [3.05, 3.63) is 42.1 Å². The number of hydrogen-bond donors (Lipinski definition) is 2. The molecule has 1 amide bonds. The summed E-state index contributed by atoms with van der Waals surface area (Å²) in [6.07, 6.45) is 0. The first-order chi connectivity index (χ1) is 10.2. The third-order valence-electron chi connectivity index (χ3n) is 3.18. The molecule has 0 unspecified atom stereocenters. The fraction of sp³-hybridized carbons (Fsp3) is 0.133. The van der Waals surface area contributed by atoms with Crippen LogP contribution in [0.2, 0.25) is 0 Å². The molecule has 0 bridgehead atoms. The van der Waals surface area contributed by atoms with Gasteiger partial charge in [0.15, 0.2) is 5.69 Å². The summed E-state index contributed by atoms with van der Waals surface area (Å²) in [5.74, 6) is 0.225. The molecule has 21 heavy (non-hydrogen) atoms. The second-order valence-electron chi connectivity index (χ2n) is 4.54. The Balaban J connectivity index is 2.07. The molecule has 0 saturated heterocycles. The lowest BCUT2D eigenvalue weighted by atomic mass is 10.0. The minimum Gasteiger partial charge on any atom is -0.494 e. The fourth-order valence-corrected chi connectivity index (χ4v) is 2.23. The van der Waals surface area contributed by atoms with Crippen LogP contribution < -0.4 is 10.5 Å². The van der Waals surface area contributed by atoms with Crippen LogP contribution in [0.1, 0.15) is 17.4 Å². The first kappa shape index (κ1) is 13.1. The Morgan fingerprint density at radius 2 is 1.95 bits per heavy atom. The molecule has 1 aromatic heterocycles. The van der Waals surface area contributed by atoms with Crippen LogP contribution in [0.3, 0.4) is 0 Å². The van der Waals surface area contributed by atoms with Gasteiger partial charge in [0, 0.05) is 5.56 Å². The third kappa shape index (κ3) is 2.43. The summed E-state index contributed by atoms with van der Waals surface area (Å²) in [4.78, 5) is 11.3. The van der Waals surface area contributed by atoms with Crippen LogP contribution in [0.4, 0.5) is 0 Å². The number of H-pyrrole nitrogens is 1. The molecule has 0 spiro atoms. The molecule has 0 radical (unpaired) electrons. The van der Waals surface area contributed by atoms with Crippen molar-refractivity contribution < 1.29 is 9.53 Å². The number of rotatable bonds is 4. The van der Waals surface area contributed by atoms with Gasteiger partial charge in [-0.2, -0.15) is 15.4 Å². The number of aromatic amines is 1. The topological polar surface area (TPSA) is 93.9 Å². The molecule has 6 heteroatoms. The molecular weight excluding hydrogens is 268 g/mol. The molecular formula is C15H14N4O2. The standard InChI is InChI=1S/C15H14N4O2/c1-2-21-12-6-5-9-7-11(4-3-10(9)8-12)13-14(15(16)20)18-19-17-13/h3-8H,2H2,1H3,(H2,16,20)(H,17,18,19). The molecule has 0 saturated carbocycles. The van der Waals surface area contributed by atoms with Crippen molar-refractivity contribution in [2.75, 3.05) is 6.61 Å². The lowest BCUT2D eigenvalue weighted by molar-refractivity contribution is 0.0996. The predicted molar refractivity (Wildman–Crippen MR) is 79.0 cm³/mol. The number of benzene rings is 2. The maximum Gasteiger partial charge on any atom is 0.271 e. The largest absolute Gasteiger partial charge is 0.494 e. The van der Waals surface area contributed by atoms with Crippen molar-refractivity contribution in [2.45, 2.75) is 6.92 Å². The zero-order valence-corrected chi connectivity index (χ0v) is 11.5. The van der Waals surface area contributed by atoms with Gasteiger partial charge in [-0.25, -0.2) is 0 Å². The summed E-state index contributed by atoms with van der Waals surface area (Å²) < 4.78 is 5.48. The van der Waals surface area contributed by atoms with Gasteiger partial charge in [-0.3, -0.25) is 4.79 Å². The number of primary amides is 1. The van der Waals surface area contributed by atoms with Crippen molar-refractivity contribution in [2.24, 2.45) is 5.73 Å². The van der Waals surface area contributed by atoms with Crippen molar-refractivity contribution in [1.29, 1.82) is 0 Å². The highest BCUT2D eigenvalue weighted by Crippen LogP contribution is 2.27. The quantitative estimate of drug-likeness (QED) is 0.766. The summed E-state index contributed by atoms with van der Waals surface area (Å²) in [5, 5.41) is 12.3. The van der Waals surface area contributed by atoms with E-state index in [0.717, 1.165) is 22.1 Å². The van der Waals surface area contributed by atoms with E-state index in [1.807, 2.05) is 43.3 Å². The monoisotopic (exact) mass is 282 g/mol. The average Bonchev–Trinajstić information content (AvgIpc) is 2.97. The first-order valence-electron chi connectivity index (χ1n) is 6.56. The summed E-state index contributed by atoms with van der Waals surface area (Å²) in [7, 11) is 0. The molecule has 0 aliphatic heterocycles. The van der Waals surface area contributed by atoms with E-state index in [1.54, 1.807) is 0 Å². The van der Waals surface area contributed by atoms with Crippen molar-refractivity contribution in [3.8, 4) is 17.0 Å². The summed E-state index contributed by atoms with van der Waals surface area (Å²) in [5.41, 5.74) is 6.67. The maximum atomic E-state index is 11.3. The second kappa shape index (κ2) is 5.24. The molecule has 6 nitrogen and oxygen atoms in total. The molecule has 0 aliphatic carbocycles. The Hall–Kier alpha value is -2.89. The molecule has 0 atom stereocenters. The van der Waals surface area contributed by atoms with Crippen LogP contribution in [-0.2, 0) is 0 Å². The molecule has 106 valence electrons. The summed E-state index contributed by atoms with van der Waals surface area (Å²) >= 11 is 0. The zero-order chi connectivity index (χ0) is 14.8. The van der Waals surface area contributed by atoms with Crippen LogP contribution >= 0.6 is 0 Å². The number of amides is 1. The number of nitrogens with zero attached hydrogens (tertiary/aromatic N) is 2. The zero-order valence-electron chi connectivity index (χ0n) is 11.5. The number of aromatic nitrogens is 3. The summed E-state index contributed by atoms with van der Waals surface area (Å²) in [6.45, 7) is 2.58. The Bertz CT molecular complexity index is 810. The minimum absolute atomic E-state index is 0.139. The van der Waals surface area contributed by atoms with E-state index in [-0.39, 0.29) is 5.69 Å². The van der Waals surface area contributed by atoms with Crippen molar-refractivity contribution in [3.63, 3.8) is 0 Å². The highest BCUT2D eigenvalue weighted by atomic mass is 16.5. The Morgan fingerprint density at radius 1 is 1.19 bits per heavy atom. The van der Waals surface area contributed by atoms with E-state index in [0.29, 0.717) is 12.3 Å². The fourth-order valence-electron chi connectivity index (χ4n) is 2.23. The predicted octanol–water partition coefficient (Wildman–Crippen LogP) is 2.12. The van der Waals surface area contributed by atoms with Crippen LogP contribution in [0, 0.1) is 0 Å². The van der Waals surface area contributed by atoms with Gasteiger partial charge in [0.25, 0.3) is 5.91 Å². The lowest BCUT2D eigenvalue weighted by Crippen LogP contribution is -2.12. The SMILES string of the molecule is CCOc1ccc2cc(-c3n[nH]nc3C(N)=O)ccc2c1.